The molecule has 41 heavy (non-hydrogen) atoms. The summed E-state index contributed by atoms with van der Waals surface area (Å²) in [7, 11) is 0. The Balaban J connectivity index is 1.10. The van der Waals surface area contributed by atoms with Gasteiger partial charge in [0.1, 0.15) is 5.78 Å². The number of pyridine rings is 1. The number of nitrogens with zero attached hydrogens (tertiary/aromatic N) is 1. The summed E-state index contributed by atoms with van der Waals surface area (Å²) in [5, 5.41) is 15.7. The van der Waals surface area contributed by atoms with Crippen molar-refractivity contribution in [2.45, 2.75) is 143 Å². The normalized spacial score (nSPS) is 39.0. The minimum Gasteiger partial charge on any atom is -0.393 e. The number of carbonyl (C=O) groups is 1. The number of aliphatic hydroxyl groups is 1. The second-order valence-corrected chi connectivity index (χ2v) is 15.4. The van der Waals surface area contributed by atoms with E-state index in [0.717, 1.165) is 32.2 Å². The fraction of sp³-hybridized carbons (Fsp3) is 0.838. The number of aryl methyl sites for hydroxylation is 1. The standard InChI is InChI=1S/C37H60N2O2/c1-5-30(40)14-13-26(2)31-15-16-32-35-33(18-20-37(31,32)4)36(3)19-17-29(23-28(36)24-34(35)41)39-22-9-7-6-8-11-27-12-10-21-38-25-27/h10,12,21,25-26,28-29,31-35,39,41H,5-9,11,13-20,22-24H2,1-4H3/t26-,28-,29-,31-,32?,33?,34-,35?,36+,37-/m1/s1. The lowest BCUT2D eigenvalue weighted by Crippen LogP contribution is -2.59. The SMILES string of the molecule is CCC(=O)CC[C@@H](C)[C@H]1CCC2C3C(CC[C@@]21C)[C@@]1(C)CC[C@@H](NCCCCCCc2cccnc2)C[C@@H]1C[C@H]3O. The van der Waals surface area contributed by atoms with E-state index in [4.69, 9.17) is 0 Å². The van der Waals surface area contributed by atoms with Crippen molar-refractivity contribution >= 4 is 5.78 Å². The molecule has 2 N–H and O–H groups in total. The Hall–Kier alpha value is -1.26. The molecule has 1 heterocycles. The van der Waals surface area contributed by atoms with Gasteiger partial charge in [0.15, 0.2) is 0 Å². The van der Waals surface area contributed by atoms with Crippen LogP contribution in [-0.2, 0) is 11.2 Å². The van der Waals surface area contributed by atoms with Gasteiger partial charge in [-0.1, -0.05) is 46.6 Å². The van der Waals surface area contributed by atoms with Crippen LogP contribution in [0.2, 0.25) is 0 Å². The molecular formula is C37H60N2O2. The van der Waals surface area contributed by atoms with Gasteiger partial charge in [-0.3, -0.25) is 9.78 Å². The number of ketones is 1. The average molecular weight is 565 g/mol. The van der Waals surface area contributed by atoms with Gasteiger partial charge < -0.3 is 10.4 Å². The molecule has 1 aromatic heterocycles. The maximum atomic E-state index is 12.0. The third-order valence-corrected chi connectivity index (χ3v) is 13.3. The van der Waals surface area contributed by atoms with E-state index in [0.29, 0.717) is 64.6 Å². The molecule has 4 aliphatic carbocycles. The molecule has 4 nitrogen and oxygen atoms in total. The van der Waals surface area contributed by atoms with Gasteiger partial charge >= 0.3 is 0 Å². The third kappa shape index (κ3) is 6.64. The minimum atomic E-state index is -0.128. The van der Waals surface area contributed by atoms with Gasteiger partial charge in [-0.25, -0.2) is 0 Å². The van der Waals surface area contributed by atoms with Gasteiger partial charge in [-0.2, -0.15) is 0 Å². The Morgan fingerprint density at radius 3 is 2.61 bits per heavy atom. The number of aromatic nitrogens is 1. The molecule has 3 unspecified atom stereocenters. The molecule has 4 heteroatoms. The quantitative estimate of drug-likeness (QED) is 0.237. The number of aliphatic hydroxyl groups excluding tert-OH is 1. The Labute approximate surface area is 251 Å². The van der Waals surface area contributed by atoms with Crippen LogP contribution in [0.5, 0.6) is 0 Å². The van der Waals surface area contributed by atoms with Crippen molar-refractivity contribution in [3.63, 3.8) is 0 Å². The number of rotatable bonds is 13. The van der Waals surface area contributed by atoms with Crippen LogP contribution in [0.15, 0.2) is 24.5 Å². The largest absolute Gasteiger partial charge is 0.393 e. The molecular weight excluding hydrogens is 504 g/mol. The first-order chi connectivity index (χ1) is 19.8. The molecule has 4 aliphatic rings. The summed E-state index contributed by atoms with van der Waals surface area (Å²) in [6.45, 7) is 10.7. The van der Waals surface area contributed by atoms with Gasteiger partial charge in [-0.05, 0) is 142 Å². The van der Waals surface area contributed by atoms with Gasteiger partial charge in [0.25, 0.3) is 0 Å². The third-order valence-electron chi connectivity index (χ3n) is 13.3. The van der Waals surface area contributed by atoms with Crippen LogP contribution in [0, 0.1) is 46.3 Å². The Kier molecular flexibility index (Phi) is 10.3. The van der Waals surface area contributed by atoms with Crippen molar-refractivity contribution < 1.29 is 9.90 Å². The number of Topliss-reactive ketones (excluding diaryl/α,β-unsaturated/α-hetero) is 1. The Morgan fingerprint density at radius 1 is 1.05 bits per heavy atom. The highest BCUT2D eigenvalue weighted by molar-refractivity contribution is 5.77. The van der Waals surface area contributed by atoms with E-state index in [-0.39, 0.29) is 6.10 Å². The van der Waals surface area contributed by atoms with E-state index in [9.17, 15) is 9.90 Å². The molecule has 0 aromatic carbocycles. The zero-order valence-electron chi connectivity index (χ0n) is 26.8. The summed E-state index contributed by atoms with van der Waals surface area (Å²) >= 11 is 0. The molecule has 4 fully saturated rings. The van der Waals surface area contributed by atoms with Crippen LogP contribution >= 0.6 is 0 Å². The van der Waals surface area contributed by atoms with E-state index >= 15 is 0 Å². The minimum absolute atomic E-state index is 0.128. The number of fused-ring (bicyclic) bond motifs is 5. The first-order valence-electron chi connectivity index (χ1n) is 17.6. The predicted molar refractivity (Wildman–Crippen MR) is 169 cm³/mol. The summed E-state index contributed by atoms with van der Waals surface area (Å²) in [6, 6.07) is 4.85. The number of unbranched alkanes of at least 4 members (excludes halogenated alkanes) is 3. The van der Waals surface area contributed by atoms with Crippen LogP contribution in [0.4, 0.5) is 0 Å². The molecule has 0 saturated heterocycles. The molecule has 5 rings (SSSR count). The van der Waals surface area contributed by atoms with Crippen molar-refractivity contribution in [2.24, 2.45) is 46.3 Å². The van der Waals surface area contributed by atoms with Gasteiger partial charge in [-0.15, -0.1) is 0 Å². The smallest absolute Gasteiger partial charge is 0.132 e. The second-order valence-electron chi connectivity index (χ2n) is 15.4. The highest BCUT2D eigenvalue weighted by Crippen LogP contribution is 2.68. The van der Waals surface area contributed by atoms with Gasteiger partial charge in [0.05, 0.1) is 6.10 Å². The summed E-state index contributed by atoms with van der Waals surface area (Å²) in [5.74, 6) is 4.24. The van der Waals surface area contributed by atoms with E-state index in [1.54, 1.807) is 0 Å². The molecule has 0 aliphatic heterocycles. The maximum absolute atomic E-state index is 12.0. The van der Waals surface area contributed by atoms with Gasteiger partial charge in [0, 0.05) is 31.3 Å². The number of carbonyl (C=O) groups excluding carboxylic acids is 1. The van der Waals surface area contributed by atoms with E-state index in [1.807, 2.05) is 25.4 Å². The topological polar surface area (TPSA) is 62.2 Å². The molecule has 1 aromatic rings. The lowest BCUT2D eigenvalue weighted by Gasteiger charge is -2.62. The lowest BCUT2D eigenvalue weighted by molar-refractivity contribution is -0.167. The molecule has 0 radical (unpaired) electrons. The molecule has 0 bridgehead atoms. The van der Waals surface area contributed by atoms with Crippen LogP contribution in [-0.4, -0.2) is 34.6 Å². The summed E-state index contributed by atoms with van der Waals surface area (Å²) in [5.41, 5.74) is 2.10. The van der Waals surface area contributed by atoms with Crippen molar-refractivity contribution in [2.75, 3.05) is 6.54 Å². The monoisotopic (exact) mass is 564 g/mol. The molecule has 10 atom stereocenters. The highest BCUT2D eigenvalue weighted by atomic mass is 16.3. The summed E-state index contributed by atoms with van der Waals surface area (Å²) in [6.07, 6.45) is 22.6. The number of nitrogens with one attached hydrogen (secondary N) is 1. The predicted octanol–water partition coefficient (Wildman–Crippen LogP) is 8.17. The van der Waals surface area contributed by atoms with Crippen LogP contribution < -0.4 is 5.32 Å². The van der Waals surface area contributed by atoms with Crippen LogP contribution in [0.25, 0.3) is 0 Å². The summed E-state index contributed by atoms with van der Waals surface area (Å²) < 4.78 is 0. The van der Waals surface area contributed by atoms with E-state index < -0.39 is 0 Å². The van der Waals surface area contributed by atoms with E-state index in [2.05, 4.69) is 37.1 Å². The molecule has 230 valence electrons. The fourth-order valence-electron chi connectivity index (χ4n) is 10.8. The van der Waals surface area contributed by atoms with Crippen molar-refractivity contribution in [1.29, 1.82) is 0 Å². The van der Waals surface area contributed by atoms with Crippen molar-refractivity contribution in [1.82, 2.24) is 10.3 Å². The lowest BCUT2D eigenvalue weighted by atomic mass is 9.43. The molecule has 0 amide bonds. The Morgan fingerprint density at radius 2 is 1.83 bits per heavy atom. The van der Waals surface area contributed by atoms with Crippen LogP contribution in [0.1, 0.15) is 130 Å². The number of hydrogen-bond acceptors (Lipinski definition) is 4. The van der Waals surface area contributed by atoms with Gasteiger partial charge in [0.2, 0.25) is 0 Å². The van der Waals surface area contributed by atoms with Crippen molar-refractivity contribution in [3.8, 4) is 0 Å². The fourth-order valence-corrected chi connectivity index (χ4v) is 10.8. The van der Waals surface area contributed by atoms with E-state index in [1.165, 1.54) is 76.2 Å². The molecule has 4 saturated carbocycles. The maximum Gasteiger partial charge on any atom is 0.132 e. The molecule has 0 spiro atoms. The van der Waals surface area contributed by atoms with Crippen LogP contribution in [0.3, 0.4) is 0 Å². The number of hydrogen-bond donors (Lipinski definition) is 2. The first kappa shape index (κ1) is 31.2. The zero-order valence-corrected chi connectivity index (χ0v) is 26.8. The Bertz CT molecular complexity index is 982. The summed E-state index contributed by atoms with van der Waals surface area (Å²) in [4.78, 5) is 16.3. The average Bonchev–Trinajstić information content (AvgIpc) is 3.33. The van der Waals surface area contributed by atoms with Crippen molar-refractivity contribution in [3.05, 3.63) is 30.1 Å². The second kappa shape index (κ2) is 13.6. The first-order valence-corrected chi connectivity index (χ1v) is 17.6. The highest BCUT2D eigenvalue weighted by Gasteiger charge is 2.62. The zero-order chi connectivity index (χ0) is 29.0.